The van der Waals surface area contributed by atoms with Crippen molar-refractivity contribution in [3.05, 3.63) is 11.1 Å². The number of rotatable bonds is 14. The van der Waals surface area contributed by atoms with Crippen molar-refractivity contribution in [1.82, 2.24) is 0 Å². The molecule has 0 amide bonds. The molecule has 0 spiro atoms. The molecule has 0 aliphatic heterocycles. The SMILES string of the molecule is CCCCCCCC1=C(C=O)[C@H](C(OCC)OCC)[C@@H](O[Si](C)(C)C(C)(C)C)CC1. The Kier molecular flexibility index (Phi) is 12.1. The van der Waals surface area contributed by atoms with Crippen molar-refractivity contribution in [2.45, 2.75) is 123 Å². The Hall–Kier alpha value is -0.493. The lowest BCUT2D eigenvalue weighted by Crippen LogP contribution is -2.50. The second kappa shape index (κ2) is 13.1. The number of carbonyl (C=O) groups is 1. The molecule has 0 heterocycles. The molecule has 0 N–H and O–H groups in total. The molecule has 0 aromatic heterocycles. The topological polar surface area (TPSA) is 44.8 Å². The number of carbonyl (C=O) groups excluding carboxylic acids is 1. The molecule has 0 aromatic rings. The lowest BCUT2D eigenvalue weighted by atomic mass is 9.79. The molecule has 0 unspecified atom stereocenters. The monoisotopic (exact) mass is 440 g/mol. The van der Waals surface area contributed by atoms with Gasteiger partial charge in [-0.3, -0.25) is 4.79 Å². The Balaban J connectivity index is 3.16. The molecule has 1 aliphatic rings. The van der Waals surface area contributed by atoms with Crippen LogP contribution in [0.15, 0.2) is 11.1 Å². The number of ether oxygens (including phenoxy) is 2. The maximum atomic E-state index is 12.3. The third kappa shape index (κ3) is 7.89. The van der Waals surface area contributed by atoms with Crippen molar-refractivity contribution in [3.63, 3.8) is 0 Å². The van der Waals surface area contributed by atoms with Gasteiger partial charge < -0.3 is 13.9 Å². The van der Waals surface area contributed by atoms with E-state index in [1.807, 2.05) is 13.8 Å². The fourth-order valence-electron chi connectivity index (χ4n) is 4.04. The molecule has 0 aromatic carbocycles. The van der Waals surface area contributed by atoms with Crippen molar-refractivity contribution in [1.29, 1.82) is 0 Å². The van der Waals surface area contributed by atoms with Crippen molar-refractivity contribution in [2.24, 2.45) is 5.92 Å². The maximum absolute atomic E-state index is 12.3. The molecule has 30 heavy (non-hydrogen) atoms. The summed E-state index contributed by atoms with van der Waals surface area (Å²) in [7, 11) is -1.98. The highest BCUT2D eigenvalue weighted by Gasteiger charge is 2.45. The van der Waals surface area contributed by atoms with E-state index in [4.69, 9.17) is 13.9 Å². The molecule has 0 fully saturated rings. The van der Waals surface area contributed by atoms with Crippen LogP contribution in [0.2, 0.25) is 18.1 Å². The van der Waals surface area contributed by atoms with Gasteiger partial charge in [-0.2, -0.15) is 0 Å². The molecule has 4 nitrogen and oxygen atoms in total. The zero-order valence-electron chi connectivity index (χ0n) is 21.0. The summed E-state index contributed by atoms with van der Waals surface area (Å²) in [5.41, 5.74) is 2.18. The third-order valence-electron chi connectivity index (χ3n) is 6.81. The first-order chi connectivity index (χ1) is 14.1. The molecule has 0 bridgehead atoms. The van der Waals surface area contributed by atoms with E-state index in [9.17, 15) is 4.79 Å². The van der Waals surface area contributed by atoms with Crippen LogP contribution >= 0.6 is 0 Å². The Morgan fingerprint density at radius 3 is 2.13 bits per heavy atom. The van der Waals surface area contributed by atoms with Crippen LogP contribution in [0.3, 0.4) is 0 Å². The van der Waals surface area contributed by atoms with Gasteiger partial charge in [-0.1, -0.05) is 59.0 Å². The summed E-state index contributed by atoms with van der Waals surface area (Å²) in [6.07, 6.45) is 9.72. The number of allylic oxidation sites excluding steroid dienone is 1. The van der Waals surface area contributed by atoms with Gasteiger partial charge in [-0.25, -0.2) is 0 Å². The first kappa shape index (κ1) is 27.5. The molecule has 0 saturated heterocycles. The minimum Gasteiger partial charge on any atom is -0.413 e. The molecule has 0 radical (unpaired) electrons. The fraction of sp³-hybridized carbons (Fsp3) is 0.880. The average molecular weight is 441 g/mol. The molecule has 1 rings (SSSR count). The van der Waals surface area contributed by atoms with Crippen LogP contribution in [0.25, 0.3) is 0 Å². The molecular formula is C25H48O4Si. The van der Waals surface area contributed by atoms with Gasteiger partial charge in [0, 0.05) is 18.8 Å². The molecule has 1 aliphatic carbocycles. The summed E-state index contributed by atoms with van der Waals surface area (Å²) < 4.78 is 18.9. The van der Waals surface area contributed by atoms with Gasteiger partial charge in [0.05, 0.1) is 12.0 Å². The smallest absolute Gasteiger partial charge is 0.192 e. The lowest BCUT2D eigenvalue weighted by Gasteiger charge is -2.45. The van der Waals surface area contributed by atoms with Crippen molar-refractivity contribution in [2.75, 3.05) is 13.2 Å². The first-order valence-corrected chi connectivity index (χ1v) is 15.1. The van der Waals surface area contributed by atoms with E-state index in [1.165, 1.54) is 31.3 Å². The van der Waals surface area contributed by atoms with Crippen LogP contribution < -0.4 is 0 Å². The minimum atomic E-state index is -1.98. The number of unbranched alkanes of at least 4 members (excludes halogenated alkanes) is 4. The van der Waals surface area contributed by atoms with Gasteiger partial charge in [0.15, 0.2) is 14.6 Å². The second-order valence-electron chi connectivity index (χ2n) is 10.1. The van der Waals surface area contributed by atoms with Gasteiger partial charge in [-0.15, -0.1) is 0 Å². The highest BCUT2D eigenvalue weighted by Crippen LogP contribution is 2.43. The average Bonchev–Trinajstić information content (AvgIpc) is 2.67. The van der Waals surface area contributed by atoms with Crippen LogP contribution in [0, 0.1) is 5.92 Å². The summed E-state index contributed by atoms with van der Waals surface area (Å²) in [5.74, 6) is -0.143. The molecule has 5 heteroatoms. The Morgan fingerprint density at radius 1 is 1.03 bits per heavy atom. The van der Waals surface area contributed by atoms with Crippen molar-refractivity contribution in [3.8, 4) is 0 Å². The van der Waals surface area contributed by atoms with E-state index >= 15 is 0 Å². The first-order valence-electron chi connectivity index (χ1n) is 12.2. The zero-order chi connectivity index (χ0) is 22.8. The van der Waals surface area contributed by atoms with Gasteiger partial charge in [0.1, 0.15) is 6.29 Å². The van der Waals surface area contributed by atoms with Gasteiger partial charge in [0.2, 0.25) is 0 Å². The zero-order valence-corrected chi connectivity index (χ0v) is 22.0. The van der Waals surface area contributed by atoms with Gasteiger partial charge in [-0.05, 0) is 57.7 Å². The Labute approximate surface area is 187 Å². The van der Waals surface area contributed by atoms with E-state index in [0.29, 0.717) is 13.2 Å². The predicted molar refractivity (Wildman–Crippen MR) is 128 cm³/mol. The molecule has 2 atom stereocenters. The van der Waals surface area contributed by atoms with Gasteiger partial charge in [0.25, 0.3) is 0 Å². The summed E-state index contributed by atoms with van der Waals surface area (Å²) in [6.45, 7) is 18.7. The van der Waals surface area contributed by atoms with Crippen LogP contribution in [-0.2, 0) is 18.7 Å². The molecule has 0 saturated carbocycles. The van der Waals surface area contributed by atoms with Crippen LogP contribution in [0.5, 0.6) is 0 Å². The van der Waals surface area contributed by atoms with Crippen molar-refractivity contribution < 1.29 is 18.7 Å². The molecule has 176 valence electrons. The van der Waals surface area contributed by atoms with E-state index < -0.39 is 14.6 Å². The minimum absolute atomic E-state index is 0.0296. The standard InChI is InChI=1S/C25H48O4Si/c1-9-12-13-14-15-16-20-17-18-22(29-30(7,8)25(4,5)6)23(21(20)19-26)24(27-10-2)28-11-3/h19,22-24H,9-18H2,1-8H3/t22-,23-/m0/s1. The second-order valence-corrected chi connectivity index (χ2v) is 14.9. The van der Waals surface area contributed by atoms with Crippen LogP contribution in [0.1, 0.15) is 92.9 Å². The van der Waals surface area contributed by atoms with Crippen LogP contribution in [-0.4, -0.2) is 40.2 Å². The fourth-order valence-corrected chi connectivity index (χ4v) is 5.42. The summed E-state index contributed by atoms with van der Waals surface area (Å²) >= 11 is 0. The number of hydrogen-bond donors (Lipinski definition) is 0. The van der Waals surface area contributed by atoms with E-state index in [1.54, 1.807) is 0 Å². The summed E-state index contributed by atoms with van der Waals surface area (Å²) in [4.78, 5) is 12.3. The Morgan fingerprint density at radius 2 is 1.63 bits per heavy atom. The highest BCUT2D eigenvalue weighted by atomic mass is 28.4. The van der Waals surface area contributed by atoms with Gasteiger partial charge >= 0.3 is 0 Å². The maximum Gasteiger partial charge on any atom is 0.192 e. The predicted octanol–water partition coefficient (Wildman–Crippen LogP) is 7.04. The van der Waals surface area contributed by atoms with E-state index in [2.05, 4.69) is 40.8 Å². The third-order valence-corrected chi connectivity index (χ3v) is 11.3. The number of aldehydes is 1. The van der Waals surface area contributed by atoms with Crippen molar-refractivity contribution >= 4 is 14.6 Å². The highest BCUT2D eigenvalue weighted by molar-refractivity contribution is 6.74. The van der Waals surface area contributed by atoms with Crippen LogP contribution in [0.4, 0.5) is 0 Å². The quantitative estimate of drug-likeness (QED) is 0.126. The Bertz CT molecular complexity index is 530. The lowest BCUT2D eigenvalue weighted by molar-refractivity contribution is -0.178. The van der Waals surface area contributed by atoms with E-state index in [0.717, 1.165) is 37.5 Å². The summed E-state index contributed by atoms with van der Waals surface area (Å²) in [5, 5.41) is 0.120. The summed E-state index contributed by atoms with van der Waals surface area (Å²) in [6, 6.07) is 0. The number of hydrogen-bond acceptors (Lipinski definition) is 4. The normalized spacial score (nSPS) is 20.8. The molecular weight excluding hydrogens is 392 g/mol. The largest absolute Gasteiger partial charge is 0.413 e. The van der Waals surface area contributed by atoms with E-state index in [-0.39, 0.29) is 17.1 Å².